The van der Waals surface area contributed by atoms with Crippen molar-refractivity contribution in [1.29, 1.82) is 0 Å². The van der Waals surface area contributed by atoms with Crippen molar-refractivity contribution in [3.63, 3.8) is 0 Å². The Kier molecular flexibility index (Phi) is 7.25. The molecule has 31 heavy (non-hydrogen) atoms. The van der Waals surface area contributed by atoms with Crippen molar-refractivity contribution in [2.24, 2.45) is 11.8 Å². The van der Waals surface area contributed by atoms with Crippen LogP contribution in [0.4, 0.5) is 11.6 Å². The van der Waals surface area contributed by atoms with Gasteiger partial charge < -0.3 is 19.9 Å². The molecule has 1 aliphatic carbocycles. The van der Waals surface area contributed by atoms with E-state index in [4.69, 9.17) is 4.74 Å². The van der Waals surface area contributed by atoms with Crippen LogP contribution in [0.5, 0.6) is 0 Å². The van der Waals surface area contributed by atoms with Crippen molar-refractivity contribution < 1.29 is 14.3 Å². The Morgan fingerprint density at radius 2 is 1.97 bits per heavy atom. The molecule has 1 aromatic heterocycles. The van der Waals surface area contributed by atoms with Crippen LogP contribution < -0.4 is 10.2 Å². The van der Waals surface area contributed by atoms with E-state index in [-0.39, 0.29) is 17.8 Å². The summed E-state index contributed by atoms with van der Waals surface area (Å²) < 4.78 is 5.15. The number of aromatic nitrogens is 2. The van der Waals surface area contributed by atoms with Crippen molar-refractivity contribution in [2.75, 3.05) is 43.0 Å². The molecule has 170 valence electrons. The fourth-order valence-electron chi connectivity index (χ4n) is 4.69. The van der Waals surface area contributed by atoms with Crippen LogP contribution in [0.15, 0.2) is 12.4 Å². The van der Waals surface area contributed by atoms with Crippen LogP contribution in [-0.4, -0.2) is 65.6 Å². The molecule has 4 rings (SSSR count). The third-order valence-corrected chi connectivity index (χ3v) is 6.59. The fraction of sp³-hybridized carbons (Fsp3) is 0.739. The van der Waals surface area contributed by atoms with Crippen LogP contribution in [0.2, 0.25) is 0 Å². The maximum Gasteiger partial charge on any atom is 0.310 e. The first-order valence-corrected chi connectivity index (χ1v) is 11.9. The maximum atomic E-state index is 12.8. The van der Waals surface area contributed by atoms with Crippen molar-refractivity contribution in [3.8, 4) is 0 Å². The normalized spacial score (nSPS) is 24.0. The lowest BCUT2D eigenvalue weighted by Gasteiger charge is -2.35. The molecule has 0 spiro atoms. The first kappa shape index (κ1) is 21.8. The number of hydrogen-bond donors (Lipinski definition) is 1. The Bertz CT molecular complexity index is 769. The number of carbonyl (C=O) groups excluding carboxylic acids is 2. The number of esters is 1. The van der Waals surface area contributed by atoms with Crippen LogP contribution in [0, 0.1) is 11.8 Å². The molecule has 3 fully saturated rings. The van der Waals surface area contributed by atoms with Gasteiger partial charge in [0.15, 0.2) is 0 Å². The van der Waals surface area contributed by atoms with Crippen molar-refractivity contribution in [1.82, 2.24) is 14.9 Å². The lowest BCUT2D eigenvalue weighted by atomic mass is 9.92. The Hall–Kier alpha value is -2.38. The van der Waals surface area contributed by atoms with Crippen LogP contribution >= 0.6 is 0 Å². The van der Waals surface area contributed by atoms with E-state index in [0.717, 1.165) is 63.4 Å². The molecule has 2 saturated heterocycles. The van der Waals surface area contributed by atoms with E-state index in [2.05, 4.69) is 26.3 Å². The average molecular weight is 430 g/mol. The largest absolute Gasteiger partial charge is 0.466 e. The topological polar surface area (TPSA) is 87.7 Å². The average Bonchev–Trinajstić information content (AvgIpc) is 3.62. The Morgan fingerprint density at radius 3 is 2.77 bits per heavy atom. The second kappa shape index (κ2) is 10.3. The molecule has 8 nitrogen and oxygen atoms in total. The highest BCUT2D eigenvalue weighted by atomic mass is 16.5. The number of likely N-dealkylation sites (tertiary alicyclic amines) is 1. The molecule has 0 aromatic carbocycles. The molecule has 1 saturated carbocycles. The van der Waals surface area contributed by atoms with Crippen LogP contribution in [0.1, 0.15) is 58.3 Å². The highest BCUT2D eigenvalue weighted by Gasteiger charge is 2.30. The van der Waals surface area contributed by atoms with Gasteiger partial charge in [0.2, 0.25) is 5.91 Å². The molecule has 3 heterocycles. The van der Waals surface area contributed by atoms with Gasteiger partial charge in [-0.3, -0.25) is 9.59 Å². The van der Waals surface area contributed by atoms with E-state index in [1.165, 1.54) is 12.8 Å². The van der Waals surface area contributed by atoms with Gasteiger partial charge in [-0.15, -0.1) is 0 Å². The van der Waals surface area contributed by atoms with Gasteiger partial charge in [0.05, 0.1) is 12.5 Å². The zero-order valence-corrected chi connectivity index (χ0v) is 18.6. The zero-order valence-electron chi connectivity index (χ0n) is 18.6. The summed E-state index contributed by atoms with van der Waals surface area (Å²) in [5.41, 5.74) is 0. The monoisotopic (exact) mass is 429 g/mol. The number of carbonyl (C=O) groups is 2. The quantitative estimate of drug-likeness (QED) is 0.636. The second-order valence-corrected chi connectivity index (χ2v) is 9.10. The Morgan fingerprint density at radius 1 is 1.13 bits per heavy atom. The SMILES string of the molecule is CCOC(=O)C1CCCN(C(=O)CCC2CCCN(c3cc(NC4CC4)ncn3)C2)C1. The molecule has 1 aromatic rings. The van der Waals surface area contributed by atoms with Gasteiger partial charge in [-0.2, -0.15) is 0 Å². The van der Waals surface area contributed by atoms with Crippen LogP contribution in [0.25, 0.3) is 0 Å². The molecule has 3 aliphatic rings. The number of piperidine rings is 2. The molecular formula is C23H35N5O3. The van der Waals surface area contributed by atoms with Gasteiger partial charge in [-0.1, -0.05) is 0 Å². The Balaban J connectivity index is 1.26. The number of rotatable bonds is 8. The Labute approximate surface area is 184 Å². The van der Waals surface area contributed by atoms with E-state index in [1.54, 1.807) is 6.33 Å². The molecule has 2 aliphatic heterocycles. The third-order valence-electron chi connectivity index (χ3n) is 6.59. The molecular weight excluding hydrogens is 394 g/mol. The predicted molar refractivity (Wildman–Crippen MR) is 119 cm³/mol. The molecule has 0 radical (unpaired) electrons. The summed E-state index contributed by atoms with van der Waals surface area (Å²) >= 11 is 0. The number of amides is 1. The maximum absolute atomic E-state index is 12.8. The van der Waals surface area contributed by atoms with Crippen molar-refractivity contribution in [2.45, 2.75) is 64.3 Å². The molecule has 2 atom stereocenters. The first-order valence-electron chi connectivity index (χ1n) is 11.9. The molecule has 8 heteroatoms. The van der Waals surface area contributed by atoms with Crippen molar-refractivity contribution in [3.05, 3.63) is 12.4 Å². The van der Waals surface area contributed by atoms with Crippen LogP contribution in [0.3, 0.4) is 0 Å². The van der Waals surface area contributed by atoms with Crippen molar-refractivity contribution >= 4 is 23.5 Å². The minimum Gasteiger partial charge on any atom is -0.466 e. The lowest BCUT2D eigenvalue weighted by molar-refractivity contribution is -0.151. The molecule has 2 unspecified atom stereocenters. The molecule has 1 amide bonds. The molecule has 0 bridgehead atoms. The number of anilines is 2. The van der Waals surface area contributed by atoms with E-state index in [9.17, 15) is 9.59 Å². The number of nitrogens with one attached hydrogen (secondary N) is 1. The van der Waals surface area contributed by atoms with E-state index < -0.39 is 0 Å². The predicted octanol–water partition coefficient (Wildman–Crippen LogP) is 2.85. The zero-order chi connectivity index (χ0) is 21.6. The summed E-state index contributed by atoms with van der Waals surface area (Å²) in [6.45, 7) is 5.40. The van der Waals surface area contributed by atoms with E-state index >= 15 is 0 Å². The van der Waals surface area contributed by atoms with Gasteiger partial charge in [0.1, 0.15) is 18.0 Å². The first-order chi connectivity index (χ1) is 15.1. The minimum atomic E-state index is -0.168. The van der Waals surface area contributed by atoms with Gasteiger partial charge in [-0.25, -0.2) is 9.97 Å². The number of ether oxygens (including phenoxy) is 1. The summed E-state index contributed by atoms with van der Waals surface area (Å²) in [4.78, 5) is 37.9. The lowest BCUT2D eigenvalue weighted by Crippen LogP contribution is -2.43. The highest BCUT2D eigenvalue weighted by molar-refractivity contribution is 5.78. The molecule has 1 N–H and O–H groups in total. The van der Waals surface area contributed by atoms with E-state index in [0.29, 0.717) is 31.5 Å². The standard InChI is InChI=1S/C23H35N5O3/c1-2-31-23(30)18-6-4-12-28(15-18)22(29)10-7-17-5-3-11-27(14-17)21-13-20(24-16-25-21)26-19-8-9-19/h13,16-19H,2-12,14-15H2,1H3,(H,24,25,26). The highest BCUT2D eigenvalue weighted by Crippen LogP contribution is 2.28. The summed E-state index contributed by atoms with van der Waals surface area (Å²) in [6, 6.07) is 2.62. The number of hydrogen-bond acceptors (Lipinski definition) is 7. The van der Waals surface area contributed by atoms with Crippen LogP contribution in [-0.2, 0) is 14.3 Å². The smallest absolute Gasteiger partial charge is 0.310 e. The minimum absolute atomic E-state index is 0.164. The van der Waals surface area contributed by atoms with Gasteiger partial charge in [-0.05, 0) is 57.8 Å². The summed E-state index contributed by atoms with van der Waals surface area (Å²) in [5.74, 6) is 2.21. The second-order valence-electron chi connectivity index (χ2n) is 9.10. The fourth-order valence-corrected chi connectivity index (χ4v) is 4.69. The summed E-state index contributed by atoms with van der Waals surface area (Å²) in [5, 5.41) is 3.44. The summed E-state index contributed by atoms with van der Waals surface area (Å²) in [6.07, 6.45) is 9.46. The van der Waals surface area contributed by atoms with Gasteiger partial charge in [0, 0.05) is 44.7 Å². The van der Waals surface area contributed by atoms with Gasteiger partial charge in [0.25, 0.3) is 0 Å². The van der Waals surface area contributed by atoms with E-state index in [1.807, 2.05) is 11.8 Å². The van der Waals surface area contributed by atoms with Gasteiger partial charge >= 0.3 is 5.97 Å². The number of nitrogens with zero attached hydrogens (tertiary/aromatic N) is 4. The summed E-state index contributed by atoms with van der Waals surface area (Å²) in [7, 11) is 0. The third kappa shape index (κ3) is 6.08.